The Labute approximate surface area is 117 Å². The van der Waals surface area contributed by atoms with E-state index in [4.69, 9.17) is 15.4 Å². The fourth-order valence-corrected chi connectivity index (χ4v) is 1.11. The summed E-state index contributed by atoms with van der Waals surface area (Å²) in [6.07, 6.45) is -0.725. The average Bonchev–Trinajstić information content (AvgIpc) is 2.26. The highest BCUT2D eigenvalue weighted by Gasteiger charge is 2.17. The number of nitriles is 1. The summed E-state index contributed by atoms with van der Waals surface area (Å²) in [4.78, 5) is 15.3. The number of carbonyl (C=O) groups excluding carboxylic acids is 1. The van der Waals surface area contributed by atoms with Crippen LogP contribution in [0.25, 0.3) is 0 Å². The van der Waals surface area contributed by atoms with Crippen LogP contribution in [0.4, 0.5) is 4.79 Å². The van der Waals surface area contributed by atoms with E-state index in [0.717, 1.165) is 0 Å². The van der Waals surface area contributed by atoms with E-state index in [1.165, 1.54) is 12.1 Å². The van der Waals surface area contributed by atoms with Gasteiger partial charge in [0.1, 0.15) is 23.1 Å². The summed E-state index contributed by atoms with van der Waals surface area (Å²) in [5, 5.41) is 18.6. The van der Waals surface area contributed by atoms with E-state index in [9.17, 15) is 4.79 Å². The van der Waals surface area contributed by atoms with Gasteiger partial charge in [0.2, 0.25) is 0 Å². The Hall–Kier alpha value is -2.13. The number of hydrogen-bond acceptors (Lipinski definition) is 5. The monoisotopic (exact) mass is 282 g/mol. The SMILES string of the molecule is CC(C)(C)OC(=O)NC(=N)c1cccc(C#N)n1.Cl. The number of hydrogen-bond donors (Lipinski definition) is 2. The number of aromatic nitrogens is 1. The molecule has 1 amide bonds. The first-order chi connectivity index (χ1) is 8.31. The first-order valence-corrected chi connectivity index (χ1v) is 5.28. The molecule has 0 spiro atoms. The van der Waals surface area contributed by atoms with Gasteiger partial charge in [0.15, 0.2) is 5.84 Å². The first kappa shape index (κ1) is 16.9. The van der Waals surface area contributed by atoms with Gasteiger partial charge in [-0.3, -0.25) is 10.7 Å². The molecule has 0 aliphatic heterocycles. The van der Waals surface area contributed by atoms with Crippen molar-refractivity contribution in [3.63, 3.8) is 0 Å². The maximum atomic E-state index is 11.4. The van der Waals surface area contributed by atoms with Crippen LogP contribution in [0, 0.1) is 16.7 Å². The third kappa shape index (κ3) is 5.84. The Morgan fingerprint density at radius 3 is 2.63 bits per heavy atom. The van der Waals surface area contributed by atoms with Gasteiger partial charge in [-0.05, 0) is 32.9 Å². The molecule has 19 heavy (non-hydrogen) atoms. The van der Waals surface area contributed by atoms with Crippen LogP contribution in [-0.4, -0.2) is 22.5 Å². The number of amidine groups is 1. The highest BCUT2D eigenvalue weighted by Crippen LogP contribution is 2.06. The summed E-state index contributed by atoms with van der Waals surface area (Å²) < 4.78 is 5.00. The molecule has 0 atom stereocenters. The van der Waals surface area contributed by atoms with Crippen molar-refractivity contribution in [1.82, 2.24) is 10.3 Å². The quantitative estimate of drug-likeness (QED) is 0.609. The minimum absolute atomic E-state index is 0. The second kappa shape index (κ2) is 6.71. The Balaban J connectivity index is 0.00000324. The molecule has 6 nitrogen and oxygen atoms in total. The molecule has 0 saturated heterocycles. The number of rotatable bonds is 1. The van der Waals surface area contributed by atoms with E-state index in [0.29, 0.717) is 0 Å². The minimum Gasteiger partial charge on any atom is -0.444 e. The Kier molecular flexibility index (Phi) is 5.96. The summed E-state index contributed by atoms with van der Waals surface area (Å²) in [7, 11) is 0. The number of carbonyl (C=O) groups is 1. The zero-order valence-corrected chi connectivity index (χ0v) is 11.7. The molecule has 0 aliphatic carbocycles. The normalized spacial score (nSPS) is 9.79. The lowest BCUT2D eigenvalue weighted by atomic mass is 10.2. The molecule has 1 aromatic rings. The van der Waals surface area contributed by atoms with E-state index >= 15 is 0 Å². The van der Waals surface area contributed by atoms with E-state index < -0.39 is 11.7 Å². The van der Waals surface area contributed by atoms with E-state index in [2.05, 4.69) is 10.3 Å². The highest BCUT2D eigenvalue weighted by atomic mass is 35.5. The number of nitrogens with zero attached hydrogens (tertiary/aromatic N) is 2. The highest BCUT2D eigenvalue weighted by molar-refractivity contribution is 6.03. The zero-order valence-electron chi connectivity index (χ0n) is 10.9. The molecule has 1 rings (SSSR count). The number of amides is 1. The maximum Gasteiger partial charge on any atom is 0.413 e. The number of ether oxygens (including phenoxy) is 1. The van der Waals surface area contributed by atoms with Gasteiger partial charge < -0.3 is 4.74 Å². The van der Waals surface area contributed by atoms with Gasteiger partial charge in [0.25, 0.3) is 0 Å². The molecule has 102 valence electrons. The molecular weight excluding hydrogens is 268 g/mol. The summed E-state index contributed by atoms with van der Waals surface area (Å²) in [6, 6.07) is 6.50. The number of halogens is 1. The van der Waals surface area contributed by atoms with Crippen LogP contribution in [-0.2, 0) is 4.74 Å². The molecule has 0 aromatic carbocycles. The largest absolute Gasteiger partial charge is 0.444 e. The standard InChI is InChI=1S/C12H14N4O2.ClH/c1-12(2,3)18-11(17)16-10(14)9-6-4-5-8(7-13)15-9;/h4-6H,1-3H3,(H2,14,16,17);1H. The molecule has 1 aromatic heterocycles. The summed E-state index contributed by atoms with van der Waals surface area (Å²) in [6.45, 7) is 5.18. The molecule has 0 saturated carbocycles. The number of pyridine rings is 1. The minimum atomic E-state index is -0.725. The van der Waals surface area contributed by atoms with E-state index in [1.807, 2.05) is 6.07 Å². The number of alkyl carbamates (subject to hydrolysis) is 1. The summed E-state index contributed by atoms with van der Waals surface area (Å²) in [5.41, 5.74) is -0.241. The molecule has 0 radical (unpaired) electrons. The van der Waals surface area contributed by atoms with Crippen molar-refractivity contribution in [3.8, 4) is 6.07 Å². The zero-order chi connectivity index (χ0) is 13.8. The second-order valence-corrected chi connectivity index (χ2v) is 4.52. The lowest BCUT2D eigenvalue weighted by Gasteiger charge is -2.19. The van der Waals surface area contributed by atoms with Crippen molar-refractivity contribution in [2.75, 3.05) is 0 Å². The van der Waals surface area contributed by atoms with Gasteiger partial charge in [-0.15, -0.1) is 12.4 Å². The van der Waals surface area contributed by atoms with Crippen LogP contribution < -0.4 is 5.32 Å². The predicted molar refractivity (Wildman–Crippen MR) is 72.4 cm³/mol. The molecule has 0 fully saturated rings. The van der Waals surface area contributed by atoms with Crippen molar-refractivity contribution in [1.29, 1.82) is 10.7 Å². The topological polar surface area (TPSA) is 98.9 Å². The smallest absolute Gasteiger partial charge is 0.413 e. The summed E-state index contributed by atoms with van der Waals surface area (Å²) >= 11 is 0. The molecule has 0 unspecified atom stereocenters. The van der Waals surface area contributed by atoms with Crippen LogP contribution in [0.15, 0.2) is 18.2 Å². The van der Waals surface area contributed by atoms with Crippen LogP contribution in [0.3, 0.4) is 0 Å². The second-order valence-electron chi connectivity index (χ2n) is 4.52. The van der Waals surface area contributed by atoms with Gasteiger partial charge in [-0.2, -0.15) is 5.26 Å². The van der Waals surface area contributed by atoms with Crippen LogP contribution in [0.5, 0.6) is 0 Å². The van der Waals surface area contributed by atoms with Crippen molar-refractivity contribution in [2.24, 2.45) is 0 Å². The van der Waals surface area contributed by atoms with Crippen LogP contribution in [0.1, 0.15) is 32.2 Å². The van der Waals surface area contributed by atoms with E-state index in [1.54, 1.807) is 26.8 Å². The third-order valence-corrected chi connectivity index (χ3v) is 1.75. The van der Waals surface area contributed by atoms with Gasteiger partial charge in [-0.25, -0.2) is 9.78 Å². The number of nitrogens with one attached hydrogen (secondary N) is 2. The fourth-order valence-electron chi connectivity index (χ4n) is 1.11. The predicted octanol–water partition coefficient (Wildman–Crippen LogP) is 2.23. The van der Waals surface area contributed by atoms with Gasteiger partial charge in [0, 0.05) is 0 Å². The summed E-state index contributed by atoms with van der Waals surface area (Å²) in [5.74, 6) is -0.207. The third-order valence-electron chi connectivity index (χ3n) is 1.75. The lowest BCUT2D eigenvalue weighted by molar-refractivity contribution is 0.0563. The van der Waals surface area contributed by atoms with Crippen LogP contribution in [0.2, 0.25) is 0 Å². The van der Waals surface area contributed by atoms with Crippen molar-refractivity contribution < 1.29 is 9.53 Å². The van der Waals surface area contributed by atoms with Gasteiger partial charge >= 0.3 is 6.09 Å². The van der Waals surface area contributed by atoms with Crippen molar-refractivity contribution >= 4 is 24.3 Å². The average molecular weight is 283 g/mol. The first-order valence-electron chi connectivity index (χ1n) is 5.28. The fraction of sp³-hybridized carbons (Fsp3) is 0.333. The molecule has 0 aliphatic rings. The molecule has 2 N–H and O–H groups in total. The lowest BCUT2D eigenvalue weighted by Crippen LogP contribution is -2.36. The Morgan fingerprint density at radius 1 is 1.47 bits per heavy atom. The van der Waals surface area contributed by atoms with Gasteiger partial charge in [0.05, 0.1) is 0 Å². The molecular formula is C12H15ClN4O2. The van der Waals surface area contributed by atoms with Gasteiger partial charge in [-0.1, -0.05) is 6.07 Å². The molecule has 0 bridgehead atoms. The molecule has 7 heteroatoms. The van der Waals surface area contributed by atoms with Crippen molar-refractivity contribution in [3.05, 3.63) is 29.6 Å². The van der Waals surface area contributed by atoms with Crippen LogP contribution >= 0.6 is 12.4 Å². The van der Waals surface area contributed by atoms with Crippen molar-refractivity contribution in [2.45, 2.75) is 26.4 Å². The van der Waals surface area contributed by atoms with E-state index in [-0.39, 0.29) is 29.6 Å². The Bertz CT molecular complexity index is 517. The molecule has 1 heterocycles. The Morgan fingerprint density at radius 2 is 2.11 bits per heavy atom. The maximum absolute atomic E-state index is 11.4.